The monoisotopic (exact) mass is 407 g/mol. The van der Waals surface area contributed by atoms with E-state index in [4.69, 9.17) is 16.0 Å². The maximum atomic E-state index is 13.0. The lowest BCUT2D eigenvalue weighted by atomic mass is 9.99. The van der Waals surface area contributed by atoms with E-state index in [1.165, 1.54) is 4.90 Å². The number of aliphatic hydroxyl groups excluding tert-OH is 1. The van der Waals surface area contributed by atoms with Gasteiger partial charge >= 0.3 is 0 Å². The Morgan fingerprint density at radius 2 is 1.76 bits per heavy atom. The Hall–Kier alpha value is -3.31. The molecule has 0 bridgehead atoms. The van der Waals surface area contributed by atoms with E-state index in [-0.39, 0.29) is 11.3 Å². The summed E-state index contributed by atoms with van der Waals surface area (Å²) in [7, 11) is 0. The van der Waals surface area contributed by atoms with Gasteiger partial charge in [0.25, 0.3) is 11.7 Å². The fraction of sp³-hybridized carbons (Fsp3) is 0.130. The van der Waals surface area contributed by atoms with E-state index in [1.54, 1.807) is 55.5 Å². The molecule has 1 aliphatic heterocycles. The molecular formula is C23H18ClNO4. The molecule has 1 amide bonds. The Labute approximate surface area is 172 Å². The molecule has 1 saturated heterocycles. The van der Waals surface area contributed by atoms with Crippen molar-refractivity contribution < 1.29 is 19.1 Å². The maximum Gasteiger partial charge on any atom is 0.300 e. The highest BCUT2D eigenvalue weighted by Gasteiger charge is 2.48. The molecule has 1 unspecified atom stereocenters. The van der Waals surface area contributed by atoms with Gasteiger partial charge < -0.3 is 9.52 Å². The topological polar surface area (TPSA) is 70.8 Å². The molecule has 29 heavy (non-hydrogen) atoms. The van der Waals surface area contributed by atoms with Crippen LogP contribution in [-0.2, 0) is 9.59 Å². The van der Waals surface area contributed by atoms with Crippen LogP contribution in [0.25, 0.3) is 5.76 Å². The summed E-state index contributed by atoms with van der Waals surface area (Å²) in [6.45, 7) is 3.71. The Morgan fingerprint density at radius 1 is 1.03 bits per heavy atom. The number of amides is 1. The molecule has 4 rings (SSSR count). The van der Waals surface area contributed by atoms with Gasteiger partial charge in [0, 0.05) is 16.3 Å². The lowest BCUT2D eigenvalue weighted by molar-refractivity contribution is -0.132. The van der Waals surface area contributed by atoms with Crippen LogP contribution in [0.3, 0.4) is 0 Å². The molecule has 6 heteroatoms. The van der Waals surface area contributed by atoms with Crippen molar-refractivity contribution in [3.63, 3.8) is 0 Å². The molecule has 1 fully saturated rings. The highest BCUT2D eigenvalue weighted by atomic mass is 35.5. The third kappa shape index (κ3) is 3.34. The standard InChI is InChI=1S/C23H18ClNO4/c1-13-6-9-17(10-7-13)25-20(18-11-8-14(2)29-18)19(22(27)23(25)28)21(26)15-4-3-5-16(24)12-15/h3-12,20,26H,1-2H3/b21-19-. The molecule has 5 nitrogen and oxygen atoms in total. The van der Waals surface area contributed by atoms with Crippen molar-refractivity contribution in [3.05, 3.63) is 93.9 Å². The first kappa shape index (κ1) is 19.0. The first-order valence-corrected chi connectivity index (χ1v) is 9.44. The number of benzene rings is 2. The number of Topliss-reactive ketones (excluding diaryl/α,β-unsaturated/α-hetero) is 1. The summed E-state index contributed by atoms with van der Waals surface area (Å²) in [6.07, 6.45) is 0. The smallest absolute Gasteiger partial charge is 0.300 e. The van der Waals surface area contributed by atoms with Gasteiger partial charge in [0.05, 0.1) is 5.57 Å². The lowest BCUT2D eigenvalue weighted by Gasteiger charge is -2.23. The average Bonchev–Trinajstić information content (AvgIpc) is 3.23. The third-order valence-electron chi connectivity index (χ3n) is 4.89. The normalized spacial score (nSPS) is 18.4. The van der Waals surface area contributed by atoms with Crippen LogP contribution in [0.4, 0.5) is 5.69 Å². The summed E-state index contributed by atoms with van der Waals surface area (Å²) in [4.78, 5) is 27.3. The number of ketones is 1. The van der Waals surface area contributed by atoms with Gasteiger partial charge in [-0.1, -0.05) is 41.4 Å². The maximum absolute atomic E-state index is 13.0. The van der Waals surface area contributed by atoms with E-state index in [0.717, 1.165) is 5.56 Å². The van der Waals surface area contributed by atoms with Crippen LogP contribution in [0.2, 0.25) is 5.02 Å². The van der Waals surface area contributed by atoms with Gasteiger partial charge in [0.2, 0.25) is 0 Å². The van der Waals surface area contributed by atoms with Gasteiger partial charge in [-0.3, -0.25) is 14.5 Å². The Morgan fingerprint density at radius 3 is 2.38 bits per heavy atom. The molecule has 1 N–H and O–H groups in total. The molecule has 146 valence electrons. The molecule has 0 aliphatic carbocycles. The van der Waals surface area contributed by atoms with Gasteiger partial charge in [-0.25, -0.2) is 0 Å². The largest absolute Gasteiger partial charge is 0.507 e. The van der Waals surface area contributed by atoms with Crippen LogP contribution in [-0.4, -0.2) is 16.8 Å². The van der Waals surface area contributed by atoms with Crippen LogP contribution >= 0.6 is 11.6 Å². The number of carbonyl (C=O) groups is 2. The Balaban J connectivity index is 1.94. The summed E-state index contributed by atoms with van der Waals surface area (Å²) in [6, 6.07) is 16.3. The van der Waals surface area contributed by atoms with Gasteiger partial charge in [-0.2, -0.15) is 0 Å². The molecule has 2 aromatic carbocycles. The zero-order chi connectivity index (χ0) is 20.7. The summed E-state index contributed by atoms with van der Waals surface area (Å²) < 4.78 is 5.76. The summed E-state index contributed by atoms with van der Waals surface area (Å²) in [5, 5.41) is 11.4. The van der Waals surface area contributed by atoms with E-state index in [1.807, 2.05) is 19.1 Å². The van der Waals surface area contributed by atoms with Crippen LogP contribution in [0.15, 0.2) is 70.7 Å². The number of furan rings is 1. The van der Waals surface area contributed by atoms with Crippen LogP contribution in [0, 0.1) is 13.8 Å². The number of hydrogen-bond acceptors (Lipinski definition) is 4. The van der Waals surface area contributed by atoms with E-state index in [2.05, 4.69) is 0 Å². The van der Waals surface area contributed by atoms with Gasteiger partial charge in [-0.15, -0.1) is 0 Å². The number of hydrogen-bond donors (Lipinski definition) is 1. The van der Waals surface area contributed by atoms with Gasteiger partial charge in [-0.05, 0) is 50.2 Å². The van der Waals surface area contributed by atoms with Crippen molar-refractivity contribution in [3.8, 4) is 0 Å². The summed E-state index contributed by atoms with van der Waals surface area (Å²) in [5.74, 6) is -0.763. The Bertz CT molecular complexity index is 1140. The number of anilines is 1. The van der Waals surface area contributed by atoms with Crippen molar-refractivity contribution in [2.24, 2.45) is 0 Å². The quantitative estimate of drug-likeness (QED) is 0.369. The fourth-order valence-corrected chi connectivity index (χ4v) is 3.66. The minimum Gasteiger partial charge on any atom is -0.507 e. The second-order valence-corrected chi connectivity index (χ2v) is 7.40. The molecule has 0 spiro atoms. The number of rotatable bonds is 3. The van der Waals surface area contributed by atoms with Gasteiger partial charge in [0.15, 0.2) is 0 Å². The molecule has 0 saturated carbocycles. The number of carbonyl (C=O) groups excluding carboxylic acids is 2. The molecule has 1 atom stereocenters. The van der Waals surface area contributed by atoms with Gasteiger partial charge in [0.1, 0.15) is 23.3 Å². The van der Waals surface area contributed by atoms with Crippen molar-refractivity contribution >= 4 is 34.7 Å². The first-order chi connectivity index (χ1) is 13.9. The molecule has 1 aromatic heterocycles. The predicted octanol–water partition coefficient (Wildman–Crippen LogP) is 5.18. The van der Waals surface area contributed by atoms with E-state index in [9.17, 15) is 14.7 Å². The number of halogens is 1. The van der Waals surface area contributed by atoms with E-state index >= 15 is 0 Å². The zero-order valence-corrected chi connectivity index (χ0v) is 16.6. The van der Waals surface area contributed by atoms with Crippen LogP contribution in [0.5, 0.6) is 0 Å². The number of nitrogens with zero attached hydrogens (tertiary/aromatic N) is 1. The molecular weight excluding hydrogens is 390 g/mol. The second-order valence-electron chi connectivity index (χ2n) is 6.96. The molecule has 2 heterocycles. The second kappa shape index (κ2) is 7.26. The minimum atomic E-state index is -0.884. The lowest BCUT2D eigenvalue weighted by Crippen LogP contribution is -2.29. The zero-order valence-electron chi connectivity index (χ0n) is 15.8. The predicted molar refractivity (Wildman–Crippen MR) is 111 cm³/mol. The van der Waals surface area contributed by atoms with Crippen molar-refractivity contribution in [2.45, 2.75) is 19.9 Å². The molecule has 1 aliphatic rings. The highest BCUT2D eigenvalue weighted by molar-refractivity contribution is 6.51. The third-order valence-corrected chi connectivity index (χ3v) is 5.12. The van der Waals surface area contributed by atoms with Crippen LogP contribution in [0.1, 0.15) is 28.7 Å². The first-order valence-electron chi connectivity index (χ1n) is 9.07. The van der Waals surface area contributed by atoms with Crippen molar-refractivity contribution in [2.75, 3.05) is 4.90 Å². The number of aliphatic hydroxyl groups is 1. The highest BCUT2D eigenvalue weighted by Crippen LogP contribution is 2.42. The minimum absolute atomic E-state index is 0.0350. The van der Waals surface area contributed by atoms with E-state index in [0.29, 0.717) is 27.8 Å². The fourth-order valence-electron chi connectivity index (χ4n) is 3.47. The average molecular weight is 408 g/mol. The summed E-state index contributed by atoms with van der Waals surface area (Å²) >= 11 is 6.04. The van der Waals surface area contributed by atoms with E-state index < -0.39 is 17.7 Å². The SMILES string of the molecule is Cc1ccc(N2C(=O)C(=O)/C(=C(\O)c3cccc(Cl)c3)C2c2ccc(C)o2)cc1. The molecule has 0 radical (unpaired) electrons. The number of aryl methyl sites for hydroxylation is 2. The van der Waals surface area contributed by atoms with Crippen LogP contribution < -0.4 is 4.90 Å². The molecule has 3 aromatic rings. The summed E-state index contributed by atoms with van der Waals surface area (Å²) in [5.41, 5.74) is 1.89. The van der Waals surface area contributed by atoms with Crippen molar-refractivity contribution in [1.82, 2.24) is 0 Å². The Kier molecular flexibility index (Phi) is 4.76. The van der Waals surface area contributed by atoms with Crippen molar-refractivity contribution in [1.29, 1.82) is 0 Å².